The fraction of sp³-hybridized carbons (Fsp3) is 0.278. The first-order valence-electron chi connectivity index (χ1n) is 7.60. The molecule has 0 fully saturated rings. The van der Waals surface area contributed by atoms with E-state index in [1.165, 1.54) is 0 Å². The van der Waals surface area contributed by atoms with Crippen molar-refractivity contribution in [1.82, 2.24) is 0 Å². The molecule has 0 heterocycles. The topological polar surface area (TPSA) is 63.2 Å². The molecule has 0 atom stereocenters. The summed E-state index contributed by atoms with van der Waals surface area (Å²) in [4.78, 5) is 12.0. The summed E-state index contributed by atoms with van der Waals surface area (Å²) in [5.74, 6) is -0.887. The van der Waals surface area contributed by atoms with Gasteiger partial charge in [0.2, 0.25) is 5.91 Å². The van der Waals surface area contributed by atoms with Crippen LogP contribution in [-0.2, 0) is 20.4 Å². The minimum atomic E-state index is -3.54. The van der Waals surface area contributed by atoms with Gasteiger partial charge in [-0.3, -0.25) is 4.79 Å². The van der Waals surface area contributed by atoms with Crippen molar-refractivity contribution in [3.8, 4) is 0 Å². The molecule has 4 nitrogen and oxygen atoms in total. The number of nitrogens with one attached hydrogen (secondary N) is 1. The van der Waals surface area contributed by atoms with Gasteiger partial charge < -0.3 is 5.32 Å². The quantitative estimate of drug-likeness (QED) is 0.840. The predicted molar refractivity (Wildman–Crippen MR) is 98.1 cm³/mol. The highest BCUT2D eigenvalue weighted by Gasteiger charge is 2.17. The Morgan fingerprint density at radius 3 is 2.17 bits per heavy atom. The summed E-state index contributed by atoms with van der Waals surface area (Å²) < 4.78 is 24.3. The second-order valence-electron chi connectivity index (χ2n) is 5.98. The summed E-state index contributed by atoms with van der Waals surface area (Å²) in [6.45, 7) is 4.16. The van der Waals surface area contributed by atoms with Crippen LogP contribution in [0.5, 0.6) is 0 Å². The molecule has 0 bridgehead atoms. The molecule has 2 aromatic rings. The fourth-order valence-corrected chi connectivity index (χ4v) is 3.63. The van der Waals surface area contributed by atoms with Crippen LogP contribution in [0.2, 0.25) is 5.02 Å². The number of hydrogen-bond donors (Lipinski definition) is 1. The van der Waals surface area contributed by atoms with E-state index in [9.17, 15) is 13.2 Å². The average Bonchev–Trinajstić information content (AvgIpc) is 2.49. The molecule has 0 radical (unpaired) electrons. The zero-order chi connectivity index (χ0) is 17.7. The first-order chi connectivity index (χ1) is 11.2. The van der Waals surface area contributed by atoms with E-state index in [-0.39, 0.29) is 5.75 Å². The molecule has 24 heavy (non-hydrogen) atoms. The van der Waals surface area contributed by atoms with Crippen molar-refractivity contribution >= 4 is 33.0 Å². The Balaban J connectivity index is 1.96. The molecule has 0 unspecified atom stereocenters. The van der Waals surface area contributed by atoms with Gasteiger partial charge in [-0.2, -0.15) is 0 Å². The van der Waals surface area contributed by atoms with E-state index in [1.807, 2.05) is 12.1 Å². The molecule has 0 spiro atoms. The van der Waals surface area contributed by atoms with Crippen LogP contribution in [0.4, 0.5) is 5.69 Å². The number of carbonyl (C=O) groups excluding carboxylic acids is 1. The molecule has 0 aromatic heterocycles. The van der Waals surface area contributed by atoms with E-state index in [2.05, 4.69) is 19.2 Å². The summed E-state index contributed by atoms with van der Waals surface area (Å²) in [6.07, 6.45) is 0. The fourth-order valence-electron chi connectivity index (χ4n) is 2.23. The Hall–Kier alpha value is -1.85. The van der Waals surface area contributed by atoms with Crippen LogP contribution in [0.1, 0.15) is 30.9 Å². The molecule has 0 saturated carbocycles. The maximum atomic E-state index is 12.1. The maximum Gasteiger partial charge on any atom is 0.239 e. The van der Waals surface area contributed by atoms with Crippen molar-refractivity contribution in [1.29, 1.82) is 0 Å². The van der Waals surface area contributed by atoms with Crippen molar-refractivity contribution in [3.05, 3.63) is 64.7 Å². The first kappa shape index (κ1) is 18.5. The molecular weight excluding hydrogens is 346 g/mol. The van der Waals surface area contributed by atoms with Gasteiger partial charge in [-0.25, -0.2) is 8.42 Å². The van der Waals surface area contributed by atoms with Crippen LogP contribution >= 0.6 is 11.6 Å². The van der Waals surface area contributed by atoms with E-state index in [1.54, 1.807) is 36.4 Å². The number of rotatable bonds is 6. The van der Waals surface area contributed by atoms with E-state index in [0.29, 0.717) is 22.2 Å². The van der Waals surface area contributed by atoms with Crippen molar-refractivity contribution in [2.24, 2.45) is 0 Å². The number of carbonyl (C=O) groups is 1. The lowest BCUT2D eigenvalue weighted by molar-refractivity contribution is -0.113. The second kappa shape index (κ2) is 7.81. The van der Waals surface area contributed by atoms with Crippen LogP contribution in [0.3, 0.4) is 0 Å². The van der Waals surface area contributed by atoms with Gasteiger partial charge in [0.05, 0.1) is 5.75 Å². The highest BCUT2D eigenvalue weighted by Crippen LogP contribution is 2.17. The number of halogens is 1. The summed E-state index contributed by atoms with van der Waals surface area (Å²) in [5.41, 5.74) is 2.35. The molecular formula is C18H20ClNO3S. The van der Waals surface area contributed by atoms with E-state index in [0.717, 1.165) is 5.56 Å². The number of benzene rings is 2. The van der Waals surface area contributed by atoms with Crippen LogP contribution in [0.15, 0.2) is 48.5 Å². The molecule has 6 heteroatoms. The van der Waals surface area contributed by atoms with Crippen LogP contribution < -0.4 is 5.32 Å². The summed E-state index contributed by atoms with van der Waals surface area (Å²) >= 11 is 5.77. The van der Waals surface area contributed by atoms with Gasteiger partial charge in [0.15, 0.2) is 9.84 Å². The Kier molecular flexibility index (Phi) is 6.02. The predicted octanol–water partition coefficient (Wildman–Crippen LogP) is 4.02. The maximum absolute atomic E-state index is 12.1. The monoisotopic (exact) mass is 365 g/mol. The highest BCUT2D eigenvalue weighted by molar-refractivity contribution is 7.91. The van der Waals surface area contributed by atoms with E-state index < -0.39 is 21.5 Å². The van der Waals surface area contributed by atoms with Gasteiger partial charge in [-0.1, -0.05) is 49.7 Å². The summed E-state index contributed by atoms with van der Waals surface area (Å²) in [5, 5.41) is 3.16. The smallest absolute Gasteiger partial charge is 0.239 e. The van der Waals surface area contributed by atoms with Gasteiger partial charge in [-0.05, 0) is 41.3 Å². The van der Waals surface area contributed by atoms with E-state index in [4.69, 9.17) is 11.6 Å². The SMILES string of the molecule is CC(C)c1ccc(NC(=O)CS(=O)(=O)Cc2ccc(Cl)cc2)cc1. The van der Waals surface area contributed by atoms with Gasteiger partial charge >= 0.3 is 0 Å². The molecule has 128 valence electrons. The minimum Gasteiger partial charge on any atom is -0.325 e. The number of amides is 1. The lowest BCUT2D eigenvalue weighted by Gasteiger charge is -2.09. The largest absolute Gasteiger partial charge is 0.325 e. The zero-order valence-electron chi connectivity index (χ0n) is 13.6. The van der Waals surface area contributed by atoms with Crippen molar-refractivity contribution in [3.63, 3.8) is 0 Å². The molecule has 1 N–H and O–H groups in total. The zero-order valence-corrected chi connectivity index (χ0v) is 15.2. The first-order valence-corrected chi connectivity index (χ1v) is 9.80. The van der Waals surface area contributed by atoms with Gasteiger partial charge in [0.1, 0.15) is 5.75 Å². The van der Waals surface area contributed by atoms with Crippen LogP contribution in [0, 0.1) is 0 Å². The van der Waals surface area contributed by atoms with Crippen molar-refractivity contribution in [2.45, 2.75) is 25.5 Å². The van der Waals surface area contributed by atoms with Gasteiger partial charge in [0.25, 0.3) is 0 Å². The van der Waals surface area contributed by atoms with E-state index >= 15 is 0 Å². The second-order valence-corrected chi connectivity index (χ2v) is 8.48. The molecule has 1 amide bonds. The average molecular weight is 366 g/mol. The number of anilines is 1. The summed E-state index contributed by atoms with van der Waals surface area (Å²) in [6, 6.07) is 13.9. The molecule has 0 aliphatic rings. The summed E-state index contributed by atoms with van der Waals surface area (Å²) in [7, 11) is -3.54. The molecule has 0 aliphatic carbocycles. The molecule has 2 aromatic carbocycles. The third kappa shape index (κ3) is 5.65. The Morgan fingerprint density at radius 1 is 1.04 bits per heavy atom. The molecule has 0 aliphatic heterocycles. The normalized spacial score (nSPS) is 11.5. The lowest BCUT2D eigenvalue weighted by atomic mass is 10.0. The molecule has 0 saturated heterocycles. The number of sulfone groups is 1. The Labute approximate surface area is 147 Å². The highest BCUT2D eigenvalue weighted by atomic mass is 35.5. The Bertz CT molecular complexity index is 797. The van der Waals surface area contributed by atoms with Gasteiger partial charge in [0, 0.05) is 10.7 Å². The Morgan fingerprint density at radius 2 is 1.62 bits per heavy atom. The standard InChI is InChI=1S/C18H20ClNO3S/c1-13(2)15-5-9-17(10-6-15)20-18(21)12-24(22,23)11-14-3-7-16(19)8-4-14/h3-10,13H,11-12H2,1-2H3,(H,20,21). The van der Waals surface area contributed by atoms with Crippen LogP contribution in [0.25, 0.3) is 0 Å². The third-order valence-corrected chi connectivity index (χ3v) is 5.24. The van der Waals surface area contributed by atoms with Crippen molar-refractivity contribution < 1.29 is 13.2 Å². The third-order valence-electron chi connectivity index (χ3n) is 3.51. The lowest BCUT2D eigenvalue weighted by Crippen LogP contribution is -2.23. The molecule has 2 rings (SSSR count). The van der Waals surface area contributed by atoms with Gasteiger partial charge in [-0.15, -0.1) is 0 Å². The number of hydrogen-bond acceptors (Lipinski definition) is 3. The van der Waals surface area contributed by atoms with Crippen molar-refractivity contribution in [2.75, 3.05) is 11.1 Å². The van der Waals surface area contributed by atoms with Crippen LogP contribution in [-0.4, -0.2) is 20.1 Å². The minimum absolute atomic E-state index is 0.191.